The summed E-state index contributed by atoms with van der Waals surface area (Å²) in [5, 5.41) is 0. The third kappa shape index (κ3) is 4.42. The fourth-order valence-electron chi connectivity index (χ4n) is 4.65. The molecule has 0 bridgehead atoms. The molecule has 3 aliphatic rings. The fraction of sp³-hybridized carbons (Fsp3) is 0.600. The first-order valence-corrected chi connectivity index (χ1v) is 11.8. The Morgan fingerprint density at radius 1 is 0.848 bits per heavy atom. The van der Waals surface area contributed by atoms with Crippen LogP contribution in [0, 0.1) is 0 Å². The van der Waals surface area contributed by atoms with Gasteiger partial charge in [-0.1, -0.05) is 24.3 Å². The van der Waals surface area contributed by atoms with Crippen molar-refractivity contribution >= 4 is 12.6 Å². The molecule has 1 aliphatic carbocycles. The van der Waals surface area contributed by atoms with Gasteiger partial charge in [-0.2, -0.15) is 0 Å². The molecule has 0 amide bonds. The van der Waals surface area contributed by atoms with Crippen molar-refractivity contribution in [2.24, 2.45) is 0 Å². The zero-order valence-electron chi connectivity index (χ0n) is 20.2. The molecule has 0 unspecified atom stereocenters. The molecule has 0 atom stereocenters. The Kier molecular flexibility index (Phi) is 5.56. The van der Waals surface area contributed by atoms with Crippen molar-refractivity contribution in [3.8, 4) is 17.1 Å². The smallest absolute Gasteiger partial charge is 0.484 e. The van der Waals surface area contributed by atoms with Crippen LogP contribution >= 0.6 is 0 Å². The van der Waals surface area contributed by atoms with Gasteiger partial charge in [-0.3, -0.25) is 0 Å². The maximum atomic E-state index is 6.31. The highest BCUT2D eigenvalue weighted by Gasteiger charge is 2.51. The minimum absolute atomic E-state index is 0.276. The number of ether oxygens (including phenoxy) is 3. The largest absolute Gasteiger partial charge is 0.494 e. The van der Waals surface area contributed by atoms with Gasteiger partial charge < -0.3 is 23.5 Å². The molecule has 0 radical (unpaired) electrons. The van der Waals surface area contributed by atoms with Gasteiger partial charge in [0, 0.05) is 18.4 Å². The number of nitrogens with zero attached hydrogens (tertiary/aromatic N) is 2. The van der Waals surface area contributed by atoms with Crippen LogP contribution in [-0.4, -0.2) is 52.9 Å². The van der Waals surface area contributed by atoms with E-state index in [1.54, 1.807) is 12.4 Å². The number of hydrogen-bond donors (Lipinski definition) is 0. The first-order chi connectivity index (χ1) is 15.6. The van der Waals surface area contributed by atoms with E-state index in [2.05, 4.69) is 44.6 Å². The second kappa shape index (κ2) is 8.05. The van der Waals surface area contributed by atoms with E-state index in [-0.39, 0.29) is 16.8 Å². The lowest BCUT2D eigenvalue weighted by molar-refractivity contribution is -0.196. The second-order valence-electron chi connectivity index (χ2n) is 10.6. The molecule has 2 saturated heterocycles. The van der Waals surface area contributed by atoms with E-state index in [0.29, 0.717) is 24.8 Å². The van der Waals surface area contributed by atoms with Crippen LogP contribution in [0.15, 0.2) is 36.7 Å². The van der Waals surface area contributed by atoms with Crippen molar-refractivity contribution in [2.45, 2.75) is 82.9 Å². The lowest BCUT2D eigenvalue weighted by Crippen LogP contribution is -2.45. The zero-order chi connectivity index (χ0) is 23.3. The van der Waals surface area contributed by atoms with E-state index in [9.17, 15) is 0 Å². The van der Waals surface area contributed by atoms with Gasteiger partial charge in [0.2, 0.25) is 0 Å². The third-order valence-electron chi connectivity index (χ3n) is 7.55. The summed E-state index contributed by atoms with van der Waals surface area (Å²) in [6.45, 7) is 11.7. The molecule has 7 nitrogen and oxygen atoms in total. The normalized spacial score (nSPS) is 24.8. The van der Waals surface area contributed by atoms with Crippen LogP contribution in [0.5, 0.6) is 5.75 Å². The molecule has 33 heavy (non-hydrogen) atoms. The Bertz CT molecular complexity index is 978. The lowest BCUT2D eigenvalue weighted by atomic mass is 9.78. The third-order valence-corrected chi connectivity index (χ3v) is 7.55. The van der Waals surface area contributed by atoms with Gasteiger partial charge in [0.1, 0.15) is 5.60 Å². The Balaban J connectivity index is 1.26. The molecule has 0 N–H and O–H groups in total. The van der Waals surface area contributed by atoms with Gasteiger partial charge in [0.25, 0.3) is 0 Å². The Morgan fingerprint density at radius 2 is 1.45 bits per heavy atom. The van der Waals surface area contributed by atoms with Crippen LogP contribution < -0.4 is 10.2 Å². The summed E-state index contributed by atoms with van der Waals surface area (Å²) < 4.78 is 30.4. The molecule has 1 aromatic carbocycles. The SMILES string of the molecule is CC1(Oc2cnc(-c3cccc(B4OC(C)(C)C(C)(C)O4)c3)nc2)CCC2(CC1)OCCO2. The zero-order valence-corrected chi connectivity index (χ0v) is 20.2. The highest BCUT2D eigenvalue weighted by Crippen LogP contribution is 2.42. The van der Waals surface area contributed by atoms with Crippen LogP contribution in [0.2, 0.25) is 0 Å². The van der Waals surface area contributed by atoms with E-state index < -0.39 is 12.9 Å². The van der Waals surface area contributed by atoms with E-state index in [1.807, 2.05) is 24.3 Å². The van der Waals surface area contributed by atoms with Crippen LogP contribution in [0.4, 0.5) is 0 Å². The average molecular weight is 452 g/mol. The number of hydrogen-bond acceptors (Lipinski definition) is 7. The Labute approximate surface area is 196 Å². The van der Waals surface area contributed by atoms with Crippen LogP contribution in [0.1, 0.15) is 60.3 Å². The fourth-order valence-corrected chi connectivity index (χ4v) is 4.65. The van der Waals surface area contributed by atoms with Crippen molar-refractivity contribution < 1.29 is 23.5 Å². The first-order valence-electron chi connectivity index (χ1n) is 11.8. The van der Waals surface area contributed by atoms with Gasteiger partial charge in [-0.25, -0.2) is 9.97 Å². The quantitative estimate of drug-likeness (QED) is 0.652. The molecule has 5 rings (SSSR count). The Morgan fingerprint density at radius 3 is 2.06 bits per heavy atom. The summed E-state index contributed by atoms with van der Waals surface area (Å²) in [6, 6.07) is 8.02. The summed E-state index contributed by atoms with van der Waals surface area (Å²) >= 11 is 0. The van der Waals surface area contributed by atoms with Crippen molar-refractivity contribution in [3.05, 3.63) is 36.7 Å². The van der Waals surface area contributed by atoms with E-state index in [1.165, 1.54) is 0 Å². The average Bonchev–Trinajstić information content (AvgIpc) is 3.33. The maximum absolute atomic E-state index is 6.31. The van der Waals surface area contributed by atoms with Crippen molar-refractivity contribution in [3.63, 3.8) is 0 Å². The van der Waals surface area contributed by atoms with E-state index in [0.717, 1.165) is 36.7 Å². The van der Waals surface area contributed by atoms with Crippen molar-refractivity contribution in [2.75, 3.05) is 13.2 Å². The molecule has 2 aliphatic heterocycles. The number of rotatable bonds is 4. The predicted octanol–water partition coefficient (Wildman–Crippen LogP) is 3.90. The summed E-state index contributed by atoms with van der Waals surface area (Å²) in [7, 11) is -0.417. The van der Waals surface area contributed by atoms with Gasteiger partial charge in [0.05, 0.1) is 36.8 Å². The molecule has 1 saturated carbocycles. The molecule has 3 heterocycles. The van der Waals surface area contributed by atoms with Gasteiger partial charge >= 0.3 is 7.12 Å². The van der Waals surface area contributed by atoms with Gasteiger partial charge in [0.15, 0.2) is 17.4 Å². The molecule has 3 fully saturated rings. The van der Waals surface area contributed by atoms with E-state index in [4.69, 9.17) is 23.5 Å². The summed E-state index contributed by atoms with van der Waals surface area (Å²) in [4.78, 5) is 9.15. The number of benzene rings is 1. The molecule has 2 aromatic rings. The topological polar surface area (TPSA) is 71.9 Å². The summed E-state index contributed by atoms with van der Waals surface area (Å²) in [6.07, 6.45) is 6.92. The molecular weight excluding hydrogens is 419 g/mol. The van der Waals surface area contributed by atoms with Crippen LogP contribution in [-0.2, 0) is 18.8 Å². The molecule has 1 spiro atoms. The Hall–Kier alpha value is -2.00. The minimum atomic E-state index is -0.417. The number of aromatic nitrogens is 2. The lowest BCUT2D eigenvalue weighted by Gasteiger charge is -2.41. The molecule has 176 valence electrons. The van der Waals surface area contributed by atoms with Crippen molar-refractivity contribution in [1.82, 2.24) is 9.97 Å². The molecular formula is C25H33BN2O5. The maximum Gasteiger partial charge on any atom is 0.494 e. The minimum Gasteiger partial charge on any atom is -0.484 e. The monoisotopic (exact) mass is 452 g/mol. The van der Waals surface area contributed by atoms with Crippen molar-refractivity contribution in [1.29, 1.82) is 0 Å². The predicted molar refractivity (Wildman–Crippen MR) is 125 cm³/mol. The molecule has 8 heteroatoms. The van der Waals surface area contributed by atoms with Gasteiger partial charge in [-0.05, 0) is 52.9 Å². The summed E-state index contributed by atoms with van der Waals surface area (Å²) in [5.41, 5.74) is 0.828. The van der Waals surface area contributed by atoms with Crippen LogP contribution in [0.3, 0.4) is 0 Å². The molecule has 1 aromatic heterocycles. The second-order valence-corrected chi connectivity index (χ2v) is 10.6. The highest BCUT2D eigenvalue weighted by molar-refractivity contribution is 6.62. The summed E-state index contributed by atoms with van der Waals surface area (Å²) in [5.74, 6) is 0.916. The standard InChI is InChI=1S/C25H33BN2O5/c1-22(2)23(3,4)33-26(32-22)19-8-6-7-18(15-19)21-27-16-20(17-28-21)31-24(5)9-11-25(12-10-24)29-13-14-30-25/h6-8,15-17H,9-14H2,1-5H3. The van der Waals surface area contributed by atoms with Gasteiger partial charge in [-0.15, -0.1) is 0 Å². The van der Waals surface area contributed by atoms with Crippen LogP contribution in [0.25, 0.3) is 11.4 Å². The highest BCUT2D eigenvalue weighted by atomic mass is 16.7. The van der Waals surface area contributed by atoms with E-state index >= 15 is 0 Å². The first kappa shape index (κ1) is 22.8.